The Labute approximate surface area is 140 Å². The molecule has 1 heterocycles. The number of methoxy groups -OCH3 is 1. The summed E-state index contributed by atoms with van der Waals surface area (Å²) in [5, 5.41) is 4.91. The molecule has 3 rings (SSSR count). The van der Waals surface area contributed by atoms with E-state index in [4.69, 9.17) is 4.74 Å². The molecule has 1 aliphatic rings. The number of rotatable bonds is 5. The van der Waals surface area contributed by atoms with Crippen LogP contribution in [0.15, 0.2) is 23.0 Å². The van der Waals surface area contributed by atoms with E-state index >= 15 is 0 Å². The van der Waals surface area contributed by atoms with E-state index in [0.717, 1.165) is 29.8 Å². The number of hydrogen-bond donors (Lipinski definition) is 1. The van der Waals surface area contributed by atoms with Crippen LogP contribution in [0.3, 0.4) is 0 Å². The Kier molecular flexibility index (Phi) is 4.81. The topological polar surface area (TPSA) is 54.5 Å². The molecule has 0 unspecified atom stereocenters. The summed E-state index contributed by atoms with van der Waals surface area (Å²) in [5.74, 6) is 0.855. The molecular weight excluding hydrogens is 310 g/mol. The SMILES string of the molecule is COc1cc2c(cc1CNC(=O)N(C)Cc1cscn1)CCC2. The van der Waals surface area contributed by atoms with Gasteiger partial charge < -0.3 is 15.0 Å². The summed E-state index contributed by atoms with van der Waals surface area (Å²) < 4.78 is 5.48. The van der Waals surface area contributed by atoms with Gasteiger partial charge in [-0.1, -0.05) is 6.07 Å². The van der Waals surface area contributed by atoms with Gasteiger partial charge in [0.05, 0.1) is 24.9 Å². The monoisotopic (exact) mass is 331 g/mol. The molecule has 6 heteroatoms. The lowest BCUT2D eigenvalue weighted by Crippen LogP contribution is -2.36. The van der Waals surface area contributed by atoms with Crippen LogP contribution in [0.2, 0.25) is 0 Å². The van der Waals surface area contributed by atoms with Crippen LogP contribution in [-0.4, -0.2) is 30.1 Å². The predicted octanol–water partition coefficient (Wildman–Crippen LogP) is 2.98. The Morgan fingerprint density at radius 3 is 2.87 bits per heavy atom. The van der Waals surface area contributed by atoms with Gasteiger partial charge in [-0.15, -0.1) is 11.3 Å². The van der Waals surface area contributed by atoms with Gasteiger partial charge in [-0.3, -0.25) is 0 Å². The zero-order valence-corrected chi connectivity index (χ0v) is 14.3. The van der Waals surface area contributed by atoms with Gasteiger partial charge in [-0.25, -0.2) is 9.78 Å². The number of urea groups is 1. The molecule has 0 aliphatic heterocycles. The summed E-state index contributed by atoms with van der Waals surface area (Å²) >= 11 is 1.53. The molecule has 0 spiro atoms. The van der Waals surface area contributed by atoms with Crippen LogP contribution in [0.1, 0.15) is 28.8 Å². The fourth-order valence-electron chi connectivity index (χ4n) is 2.92. The van der Waals surface area contributed by atoms with Crippen molar-refractivity contribution in [3.63, 3.8) is 0 Å². The molecule has 1 aromatic heterocycles. The van der Waals surface area contributed by atoms with Crippen LogP contribution in [0.4, 0.5) is 4.79 Å². The molecule has 1 N–H and O–H groups in total. The van der Waals surface area contributed by atoms with Crippen molar-refractivity contribution in [1.82, 2.24) is 15.2 Å². The number of hydrogen-bond acceptors (Lipinski definition) is 4. The van der Waals surface area contributed by atoms with Crippen molar-refractivity contribution >= 4 is 17.4 Å². The molecule has 0 fully saturated rings. The third-order valence-electron chi connectivity index (χ3n) is 4.15. The largest absolute Gasteiger partial charge is 0.496 e. The van der Waals surface area contributed by atoms with Crippen molar-refractivity contribution in [2.75, 3.05) is 14.2 Å². The minimum absolute atomic E-state index is 0.111. The van der Waals surface area contributed by atoms with Crippen molar-refractivity contribution in [3.05, 3.63) is 45.4 Å². The fourth-order valence-corrected chi connectivity index (χ4v) is 3.47. The molecule has 23 heavy (non-hydrogen) atoms. The maximum Gasteiger partial charge on any atom is 0.317 e. The minimum Gasteiger partial charge on any atom is -0.496 e. The molecule has 0 saturated carbocycles. The van der Waals surface area contributed by atoms with E-state index in [1.165, 1.54) is 28.9 Å². The molecule has 0 atom stereocenters. The molecule has 0 saturated heterocycles. The number of aryl methyl sites for hydroxylation is 2. The standard InChI is InChI=1S/C17H21N3O2S/c1-20(9-15-10-23-11-19-15)17(21)18-8-14-6-12-4-3-5-13(12)7-16(14)22-2/h6-7,10-11H,3-5,8-9H2,1-2H3,(H,18,21). The maximum atomic E-state index is 12.2. The van der Waals surface area contributed by atoms with Gasteiger partial charge in [0.25, 0.3) is 0 Å². The van der Waals surface area contributed by atoms with Crippen LogP contribution in [0, 0.1) is 0 Å². The zero-order chi connectivity index (χ0) is 16.2. The first-order valence-electron chi connectivity index (χ1n) is 7.72. The summed E-state index contributed by atoms with van der Waals surface area (Å²) in [7, 11) is 3.45. The summed E-state index contributed by atoms with van der Waals surface area (Å²) in [6.45, 7) is 0.980. The molecule has 122 valence electrons. The highest BCUT2D eigenvalue weighted by Crippen LogP contribution is 2.29. The van der Waals surface area contributed by atoms with Crippen molar-refractivity contribution in [3.8, 4) is 5.75 Å². The average Bonchev–Trinajstić information content (AvgIpc) is 3.22. The number of ether oxygens (including phenoxy) is 1. The molecule has 0 bridgehead atoms. The molecule has 2 amide bonds. The number of aromatic nitrogens is 1. The first-order valence-corrected chi connectivity index (χ1v) is 8.66. The van der Waals surface area contributed by atoms with Crippen molar-refractivity contribution in [2.24, 2.45) is 0 Å². The van der Waals surface area contributed by atoms with Crippen LogP contribution in [0.5, 0.6) is 5.75 Å². The van der Waals surface area contributed by atoms with Gasteiger partial charge in [0, 0.05) is 24.5 Å². The van der Waals surface area contributed by atoms with Gasteiger partial charge in [-0.2, -0.15) is 0 Å². The third-order valence-corrected chi connectivity index (χ3v) is 4.79. The van der Waals surface area contributed by atoms with Crippen LogP contribution >= 0.6 is 11.3 Å². The van der Waals surface area contributed by atoms with Crippen molar-refractivity contribution < 1.29 is 9.53 Å². The summed E-state index contributed by atoms with van der Waals surface area (Å²) in [4.78, 5) is 18.1. The minimum atomic E-state index is -0.111. The van der Waals surface area contributed by atoms with E-state index in [-0.39, 0.29) is 6.03 Å². The lowest BCUT2D eigenvalue weighted by Gasteiger charge is -2.18. The highest BCUT2D eigenvalue weighted by atomic mass is 32.1. The first-order chi connectivity index (χ1) is 11.2. The van der Waals surface area contributed by atoms with E-state index in [1.807, 2.05) is 5.38 Å². The number of benzene rings is 1. The van der Waals surface area contributed by atoms with Gasteiger partial charge in [0.15, 0.2) is 0 Å². The normalized spacial score (nSPS) is 12.8. The second-order valence-electron chi connectivity index (χ2n) is 5.78. The lowest BCUT2D eigenvalue weighted by molar-refractivity contribution is 0.206. The summed E-state index contributed by atoms with van der Waals surface area (Å²) in [6, 6.07) is 4.17. The fraction of sp³-hybridized carbons (Fsp3) is 0.412. The average molecular weight is 331 g/mol. The molecular formula is C17H21N3O2S. The number of carbonyl (C=O) groups is 1. The van der Waals surface area contributed by atoms with E-state index in [1.54, 1.807) is 24.6 Å². The second kappa shape index (κ2) is 7.00. The molecule has 0 radical (unpaired) electrons. The predicted molar refractivity (Wildman–Crippen MR) is 90.8 cm³/mol. The third kappa shape index (κ3) is 3.64. The molecule has 1 aliphatic carbocycles. The summed E-state index contributed by atoms with van der Waals surface area (Å²) in [5.41, 5.74) is 6.46. The molecule has 1 aromatic carbocycles. The zero-order valence-electron chi connectivity index (χ0n) is 13.5. The Bertz CT molecular complexity index is 685. The first kappa shape index (κ1) is 15.8. The van der Waals surface area contributed by atoms with E-state index in [2.05, 4.69) is 22.4 Å². The quantitative estimate of drug-likeness (QED) is 0.916. The van der Waals surface area contributed by atoms with E-state index in [9.17, 15) is 4.79 Å². The van der Waals surface area contributed by atoms with E-state index in [0.29, 0.717) is 13.1 Å². The van der Waals surface area contributed by atoms with Crippen molar-refractivity contribution in [2.45, 2.75) is 32.4 Å². The summed E-state index contributed by atoms with van der Waals surface area (Å²) in [6.07, 6.45) is 3.43. The van der Waals surface area contributed by atoms with Gasteiger partial charge in [0.1, 0.15) is 5.75 Å². The van der Waals surface area contributed by atoms with Crippen LogP contribution < -0.4 is 10.1 Å². The number of nitrogens with one attached hydrogen (secondary N) is 1. The van der Waals surface area contributed by atoms with E-state index < -0.39 is 0 Å². The Hall–Kier alpha value is -2.08. The number of amides is 2. The molecule has 2 aromatic rings. The number of fused-ring (bicyclic) bond motifs is 1. The van der Waals surface area contributed by atoms with Crippen molar-refractivity contribution in [1.29, 1.82) is 0 Å². The van der Waals surface area contributed by atoms with Crippen LogP contribution in [0.25, 0.3) is 0 Å². The van der Waals surface area contributed by atoms with Crippen LogP contribution in [-0.2, 0) is 25.9 Å². The van der Waals surface area contributed by atoms with Gasteiger partial charge in [0.2, 0.25) is 0 Å². The maximum absolute atomic E-state index is 12.2. The number of thiazole rings is 1. The lowest BCUT2D eigenvalue weighted by atomic mass is 10.1. The highest BCUT2D eigenvalue weighted by Gasteiger charge is 2.16. The highest BCUT2D eigenvalue weighted by molar-refractivity contribution is 7.07. The smallest absolute Gasteiger partial charge is 0.317 e. The Balaban J connectivity index is 1.62. The van der Waals surface area contributed by atoms with Gasteiger partial charge >= 0.3 is 6.03 Å². The number of nitrogens with zero attached hydrogens (tertiary/aromatic N) is 2. The molecule has 5 nitrogen and oxygen atoms in total. The Morgan fingerprint density at radius 1 is 1.39 bits per heavy atom. The second-order valence-corrected chi connectivity index (χ2v) is 6.50. The van der Waals surface area contributed by atoms with Gasteiger partial charge in [-0.05, 0) is 36.5 Å². The Morgan fingerprint density at radius 2 is 2.17 bits per heavy atom. The number of carbonyl (C=O) groups excluding carboxylic acids is 1.